The van der Waals surface area contributed by atoms with Gasteiger partial charge in [0.2, 0.25) is 0 Å². The maximum atomic E-state index is 12.0. The number of carbonyl (C=O) groups excluding carboxylic acids is 1. The molecule has 1 aliphatic rings. The molecule has 122 valence electrons. The van der Waals surface area contributed by atoms with Crippen molar-refractivity contribution in [3.05, 3.63) is 28.8 Å². The Morgan fingerprint density at radius 2 is 1.95 bits per heavy atom. The summed E-state index contributed by atoms with van der Waals surface area (Å²) in [5, 5.41) is 4.30. The van der Waals surface area contributed by atoms with Crippen LogP contribution in [0.25, 0.3) is 0 Å². The van der Waals surface area contributed by atoms with E-state index in [1.807, 2.05) is 45.9 Å². The highest BCUT2D eigenvalue weighted by Gasteiger charge is 2.26. The molecule has 0 aliphatic carbocycles. The molecule has 22 heavy (non-hydrogen) atoms. The van der Waals surface area contributed by atoms with Gasteiger partial charge in [0.1, 0.15) is 5.60 Å². The summed E-state index contributed by atoms with van der Waals surface area (Å²) < 4.78 is 5.41. The smallest absolute Gasteiger partial charge is 0.410 e. The van der Waals surface area contributed by atoms with Crippen LogP contribution in [0.4, 0.5) is 10.5 Å². The minimum Gasteiger partial charge on any atom is -0.444 e. The lowest BCUT2D eigenvalue weighted by Crippen LogP contribution is -2.44. The zero-order chi connectivity index (χ0) is 16.3. The van der Waals surface area contributed by atoms with Crippen molar-refractivity contribution < 1.29 is 9.53 Å². The molecule has 1 heterocycles. The molecule has 1 N–H and O–H groups in total. The van der Waals surface area contributed by atoms with E-state index in [4.69, 9.17) is 16.3 Å². The number of nitrogens with one attached hydrogen (secondary N) is 1. The predicted molar refractivity (Wildman–Crippen MR) is 90.6 cm³/mol. The molecule has 0 aromatic heterocycles. The van der Waals surface area contributed by atoms with Crippen LogP contribution in [0.15, 0.2) is 18.2 Å². The van der Waals surface area contributed by atoms with E-state index in [1.165, 1.54) is 0 Å². The average molecular weight is 325 g/mol. The molecular formula is C17H25ClN2O2. The van der Waals surface area contributed by atoms with Crippen LogP contribution in [0.2, 0.25) is 5.02 Å². The van der Waals surface area contributed by atoms with E-state index in [-0.39, 0.29) is 6.09 Å². The molecule has 4 nitrogen and oxygen atoms in total. The normalized spacial score (nSPS) is 16.5. The Morgan fingerprint density at radius 3 is 2.50 bits per heavy atom. The van der Waals surface area contributed by atoms with Gasteiger partial charge in [-0.15, -0.1) is 0 Å². The van der Waals surface area contributed by atoms with Gasteiger partial charge in [-0.05, 0) is 64.3 Å². The topological polar surface area (TPSA) is 41.6 Å². The first kappa shape index (κ1) is 16.9. The summed E-state index contributed by atoms with van der Waals surface area (Å²) >= 11 is 5.98. The van der Waals surface area contributed by atoms with Gasteiger partial charge in [0, 0.05) is 29.8 Å². The molecule has 0 spiro atoms. The lowest BCUT2D eigenvalue weighted by Gasteiger charge is -2.34. The first-order chi connectivity index (χ1) is 10.2. The number of likely N-dealkylation sites (tertiary alicyclic amines) is 1. The number of rotatable bonds is 2. The van der Waals surface area contributed by atoms with E-state index in [2.05, 4.69) is 5.32 Å². The zero-order valence-corrected chi connectivity index (χ0v) is 14.5. The Kier molecular flexibility index (Phi) is 5.22. The summed E-state index contributed by atoms with van der Waals surface area (Å²) in [5.41, 5.74) is 1.81. The summed E-state index contributed by atoms with van der Waals surface area (Å²) in [6, 6.07) is 6.24. The van der Waals surface area contributed by atoms with Gasteiger partial charge in [0.05, 0.1) is 0 Å². The standard InChI is InChI=1S/C17H25ClN2O2/c1-12-11-13(18)5-6-15(12)19-14-7-9-20(10-8-14)16(21)22-17(2,3)4/h5-6,11,14,19H,7-10H2,1-4H3. The van der Waals surface area contributed by atoms with Gasteiger partial charge in [-0.2, -0.15) is 0 Å². The van der Waals surface area contributed by atoms with Gasteiger partial charge in [0.25, 0.3) is 0 Å². The van der Waals surface area contributed by atoms with Crippen LogP contribution < -0.4 is 5.32 Å². The summed E-state index contributed by atoms with van der Waals surface area (Å²) in [6.07, 6.45) is 1.62. The number of piperidine rings is 1. The SMILES string of the molecule is Cc1cc(Cl)ccc1NC1CCN(C(=O)OC(C)(C)C)CC1. The average Bonchev–Trinajstić information content (AvgIpc) is 2.41. The molecular weight excluding hydrogens is 300 g/mol. The van der Waals surface area contributed by atoms with Crippen LogP contribution >= 0.6 is 11.6 Å². The molecule has 5 heteroatoms. The van der Waals surface area contributed by atoms with Gasteiger partial charge in [-0.3, -0.25) is 0 Å². The van der Waals surface area contributed by atoms with Gasteiger partial charge in [-0.25, -0.2) is 4.79 Å². The van der Waals surface area contributed by atoms with Gasteiger partial charge < -0.3 is 15.0 Å². The molecule has 2 rings (SSSR count). The van der Waals surface area contributed by atoms with Crippen molar-refractivity contribution in [2.45, 2.75) is 52.2 Å². The molecule has 1 fully saturated rings. The van der Waals surface area contributed by atoms with E-state index in [0.717, 1.165) is 42.2 Å². The highest BCUT2D eigenvalue weighted by molar-refractivity contribution is 6.30. The van der Waals surface area contributed by atoms with Crippen molar-refractivity contribution in [1.82, 2.24) is 4.90 Å². The Morgan fingerprint density at radius 1 is 1.32 bits per heavy atom. The van der Waals surface area contributed by atoms with E-state index in [9.17, 15) is 4.79 Å². The van der Waals surface area contributed by atoms with Crippen LogP contribution in [-0.2, 0) is 4.74 Å². The first-order valence-electron chi connectivity index (χ1n) is 7.75. The van der Waals surface area contributed by atoms with Crippen molar-refractivity contribution in [3.8, 4) is 0 Å². The highest BCUT2D eigenvalue weighted by Crippen LogP contribution is 2.23. The molecule has 0 atom stereocenters. The van der Waals surface area contributed by atoms with Crippen LogP contribution in [0.5, 0.6) is 0 Å². The summed E-state index contributed by atoms with van der Waals surface area (Å²) in [7, 11) is 0. The number of amides is 1. The monoisotopic (exact) mass is 324 g/mol. The quantitative estimate of drug-likeness (QED) is 0.873. The maximum Gasteiger partial charge on any atom is 0.410 e. The maximum absolute atomic E-state index is 12.0. The molecule has 0 saturated carbocycles. The van der Waals surface area contributed by atoms with Crippen LogP contribution in [-0.4, -0.2) is 35.7 Å². The number of anilines is 1. The molecule has 0 bridgehead atoms. The Labute approximate surface area is 137 Å². The summed E-state index contributed by atoms with van der Waals surface area (Å²) in [6.45, 7) is 9.16. The van der Waals surface area contributed by atoms with Gasteiger partial charge >= 0.3 is 6.09 Å². The molecule has 1 aromatic rings. The molecule has 0 radical (unpaired) electrons. The Balaban J connectivity index is 1.86. The Hall–Kier alpha value is -1.42. The van der Waals surface area contributed by atoms with Gasteiger partial charge in [0.15, 0.2) is 0 Å². The Bertz CT molecular complexity index is 532. The first-order valence-corrected chi connectivity index (χ1v) is 8.13. The minimum atomic E-state index is -0.438. The van der Waals surface area contributed by atoms with Crippen LogP contribution in [0.1, 0.15) is 39.2 Å². The minimum absolute atomic E-state index is 0.214. The van der Waals surface area contributed by atoms with E-state index >= 15 is 0 Å². The lowest BCUT2D eigenvalue weighted by molar-refractivity contribution is 0.0210. The molecule has 1 saturated heterocycles. The number of benzene rings is 1. The van der Waals surface area contributed by atoms with Crippen molar-refractivity contribution in [3.63, 3.8) is 0 Å². The number of nitrogens with zero attached hydrogens (tertiary/aromatic N) is 1. The third-order valence-electron chi connectivity index (χ3n) is 3.69. The largest absolute Gasteiger partial charge is 0.444 e. The van der Waals surface area contributed by atoms with Crippen molar-refractivity contribution in [2.24, 2.45) is 0 Å². The number of halogens is 1. The second-order valence-corrected chi connectivity index (χ2v) is 7.28. The zero-order valence-electron chi connectivity index (χ0n) is 13.8. The van der Waals surface area contributed by atoms with Crippen molar-refractivity contribution in [1.29, 1.82) is 0 Å². The number of aryl methyl sites for hydroxylation is 1. The summed E-state index contributed by atoms with van der Waals surface area (Å²) in [4.78, 5) is 13.8. The molecule has 1 amide bonds. The highest BCUT2D eigenvalue weighted by atomic mass is 35.5. The fourth-order valence-corrected chi connectivity index (χ4v) is 2.77. The van der Waals surface area contributed by atoms with Crippen molar-refractivity contribution in [2.75, 3.05) is 18.4 Å². The van der Waals surface area contributed by atoms with Crippen LogP contribution in [0, 0.1) is 6.92 Å². The second kappa shape index (κ2) is 6.78. The third kappa shape index (κ3) is 4.80. The van der Waals surface area contributed by atoms with E-state index in [0.29, 0.717) is 6.04 Å². The third-order valence-corrected chi connectivity index (χ3v) is 3.93. The van der Waals surface area contributed by atoms with E-state index < -0.39 is 5.60 Å². The second-order valence-electron chi connectivity index (χ2n) is 6.85. The fourth-order valence-electron chi connectivity index (χ4n) is 2.54. The number of hydrogen-bond donors (Lipinski definition) is 1. The lowest BCUT2D eigenvalue weighted by atomic mass is 10.0. The number of carbonyl (C=O) groups is 1. The van der Waals surface area contributed by atoms with Gasteiger partial charge in [-0.1, -0.05) is 11.6 Å². The molecule has 1 aliphatic heterocycles. The summed E-state index contributed by atoms with van der Waals surface area (Å²) in [5.74, 6) is 0. The van der Waals surface area contributed by atoms with E-state index in [1.54, 1.807) is 4.90 Å². The number of ether oxygens (including phenoxy) is 1. The fraction of sp³-hybridized carbons (Fsp3) is 0.588. The van der Waals surface area contributed by atoms with Crippen LogP contribution in [0.3, 0.4) is 0 Å². The van der Waals surface area contributed by atoms with Crippen molar-refractivity contribution >= 4 is 23.4 Å². The number of hydrogen-bond acceptors (Lipinski definition) is 3. The predicted octanol–water partition coefficient (Wildman–Crippen LogP) is 4.46. The molecule has 0 unspecified atom stereocenters. The molecule has 1 aromatic carbocycles.